The standard InChI is InChI=1S/C22H18ClF4N5O4S/c1-11-18(20(34)29-13-5-4-6-14(9-13)37(35)32(3)17(33)10-23)21(31-30-19(11)22(25,26)27)36-15-7-8-16(24)28-12(15)2/h4-9H,10H2,1-3H3,(H,29,34). The summed E-state index contributed by atoms with van der Waals surface area (Å²) in [5.41, 5.74) is -2.47. The number of pyridine rings is 1. The molecule has 3 aromatic rings. The van der Waals surface area contributed by atoms with Crippen LogP contribution in [0.15, 0.2) is 41.3 Å². The van der Waals surface area contributed by atoms with Gasteiger partial charge in [0.1, 0.15) is 22.8 Å². The minimum atomic E-state index is -4.92. The van der Waals surface area contributed by atoms with Crippen molar-refractivity contribution in [3.05, 3.63) is 64.9 Å². The number of nitrogens with one attached hydrogen (secondary N) is 1. The number of carbonyl (C=O) groups is 2. The highest BCUT2D eigenvalue weighted by atomic mass is 35.5. The first-order chi connectivity index (χ1) is 17.3. The van der Waals surface area contributed by atoms with Crippen molar-refractivity contribution < 1.29 is 36.4 Å². The van der Waals surface area contributed by atoms with Crippen molar-refractivity contribution in [3.63, 3.8) is 0 Å². The molecule has 0 aliphatic carbocycles. The number of nitrogens with zero attached hydrogens (tertiary/aromatic N) is 4. The molecule has 2 amide bonds. The molecular formula is C22H18ClF4N5O4S. The lowest BCUT2D eigenvalue weighted by Crippen LogP contribution is -2.34. The number of rotatable bonds is 7. The number of hydrogen-bond donors (Lipinski definition) is 1. The van der Waals surface area contributed by atoms with Crippen molar-refractivity contribution >= 4 is 40.5 Å². The van der Waals surface area contributed by atoms with E-state index in [2.05, 4.69) is 20.5 Å². The zero-order valence-electron chi connectivity index (χ0n) is 19.4. The SMILES string of the molecule is Cc1nc(F)ccc1Oc1nnc(C(F)(F)F)c(C)c1C(=O)Nc1cccc([S+]([O-])N(C)C(=O)CCl)c1. The zero-order valence-corrected chi connectivity index (χ0v) is 21.0. The lowest BCUT2D eigenvalue weighted by atomic mass is 10.1. The van der Waals surface area contributed by atoms with E-state index < -0.39 is 63.9 Å². The number of ether oxygens (including phenoxy) is 1. The Morgan fingerprint density at radius 2 is 1.89 bits per heavy atom. The number of aromatic nitrogens is 3. The van der Waals surface area contributed by atoms with Crippen molar-refractivity contribution in [1.82, 2.24) is 19.5 Å². The Hall–Kier alpha value is -3.49. The van der Waals surface area contributed by atoms with E-state index in [1.165, 1.54) is 44.3 Å². The summed E-state index contributed by atoms with van der Waals surface area (Å²) in [5, 5.41) is 9.02. The van der Waals surface area contributed by atoms with E-state index in [1.807, 2.05) is 0 Å². The molecule has 0 saturated heterocycles. The number of halogens is 5. The van der Waals surface area contributed by atoms with E-state index in [4.69, 9.17) is 16.3 Å². The van der Waals surface area contributed by atoms with Gasteiger partial charge in [0.25, 0.3) is 17.7 Å². The fraction of sp³-hybridized carbons (Fsp3) is 0.227. The van der Waals surface area contributed by atoms with Crippen LogP contribution in [-0.2, 0) is 22.3 Å². The van der Waals surface area contributed by atoms with Crippen LogP contribution in [0, 0.1) is 19.8 Å². The number of alkyl halides is 4. The molecule has 15 heteroatoms. The van der Waals surface area contributed by atoms with Gasteiger partial charge in [-0.05, 0) is 43.7 Å². The Bertz CT molecular complexity index is 1340. The Kier molecular flexibility index (Phi) is 8.56. The van der Waals surface area contributed by atoms with Crippen LogP contribution in [0.2, 0.25) is 0 Å². The fourth-order valence-corrected chi connectivity index (χ4v) is 4.29. The van der Waals surface area contributed by atoms with Crippen molar-refractivity contribution in [2.45, 2.75) is 24.9 Å². The molecule has 2 aromatic heterocycles. The number of hydrogen-bond acceptors (Lipinski definition) is 7. The number of benzene rings is 1. The van der Waals surface area contributed by atoms with E-state index in [0.29, 0.717) is 0 Å². The average molecular weight is 560 g/mol. The van der Waals surface area contributed by atoms with Crippen LogP contribution in [0.4, 0.5) is 23.2 Å². The van der Waals surface area contributed by atoms with Gasteiger partial charge in [-0.2, -0.15) is 21.9 Å². The molecule has 9 nitrogen and oxygen atoms in total. The van der Waals surface area contributed by atoms with Crippen LogP contribution < -0.4 is 10.1 Å². The second-order valence-corrected chi connectivity index (χ2v) is 9.21. The van der Waals surface area contributed by atoms with E-state index in [0.717, 1.165) is 17.3 Å². The number of aryl methyl sites for hydroxylation is 1. The molecule has 0 saturated carbocycles. The molecule has 37 heavy (non-hydrogen) atoms. The molecule has 1 aromatic carbocycles. The Morgan fingerprint density at radius 1 is 1.19 bits per heavy atom. The topological polar surface area (TPSA) is 120 Å². The van der Waals surface area contributed by atoms with Crippen LogP contribution in [0.1, 0.15) is 27.3 Å². The van der Waals surface area contributed by atoms with Gasteiger partial charge < -0.3 is 14.6 Å². The quantitative estimate of drug-likeness (QED) is 0.197. The largest absolute Gasteiger partial charge is 0.588 e. The predicted molar refractivity (Wildman–Crippen MR) is 125 cm³/mol. The molecule has 0 bridgehead atoms. The van der Waals surface area contributed by atoms with Gasteiger partial charge in [-0.15, -0.1) is 21.8 Å². The van der Waals surface area contributed by atoms with Crippen molar-refractivity contribution in [2.75, 3.05) is 18.2 Å². The molecule has 0 spiro atoms. The zero-order chi connectivity index (χ0) is 27.5. The van der Waals surface area contributed by atoms with Crippen LogP contribution in [0.5, 0.6) is 11.6 Å². The summed E-state index contributed by atoms with van der Waals surface area (Å²) in [4.78, 5) is 28.6. The van der Waals surface area contributed by atoms with E-state index in [-0.39, 0.29) is 22.0 Å². The van der Waals surface area contributed by atoms with Gasteiger partial charge in [-0.3, -0.25) is 9.59 Å². The van der Waals surface area contributed by atoms with Crippen LogP contribution >= 0.6 is 11.6 Å². The van der Waals surface area contributed by atoms with Gasteiger partial charge in [-0.1, -0.05) is 6.07 Å². The van der Waals surface area contributed by atoms with Gasteiger partial charge in [0, 0.05) is 11.8 Å². The lowest BCUT2D eigenvalue weighted by Gasteiger charge is -2.19. The smallest absolute Gasteiger partial charge is 0.435 e. The maximum atomic E-state index is 13.5. The molecule has 2 heterocycles. The first-order valence-corrected chi connectivity index (χ1v) is 11.9. The van der Waals surface area contributed by atoms with Gasteiger partial charge in [0.05, 0.1) is 12.7 Å². The summed E-state index contributed by atoms with van der Waals surface area (Å²) in [7, 11) is 1.27. The number of amides is 2. The highest BCUT2D eigenvalue weighted by Gasteiger charge is 2.38. The maximum Gasteiger partial charge on any atom is 0.435 e. The summed E-state index contributed by atoms with van der Waals surface area (Å²) in [6.07, 6.45) is -4.92. The second kappa shape index (κ2) is 11.3. The van der Waals surface area contributed by atoms with E-state index in [1.54, 1.807) is 0 Å². The minimum absolute atomic E-state index is 0.0523. The van der Waals surface area contributed by atoms with Crippen molar-refractivity contribution in [1.29, 1.82) is 0 Å². The molecule has 1 atom stereocenters. The molecule has 196 valence electrons. The summed E-state index contributed by atoms with van der Waals surface area (Å²) in [5.74, 6) is -3.51. The van der Waals surface area contributed by atoms with Crippen LogP contribution in [0.25, 0.3) is 0 Å². The van der Waals surface area contributed by atoms with Gasteiger partial charge >= 0.3 is 6.18 Å². The Balaban J connectivity index is 2.00. The highest BCUT2D eigenvalue weighted by Crippen LogP contribution is 2.35. The summed E-state index contributed by atoms with van der Waals surface area (Å²) in [6.45, 7) is 2.41. The fourth-order valence-electron chi connectivity index (χ4n) is 3.05. The highest BCUT2D eigenvalue weighted by molar-refractivity contribution is 7.89. The predicted octanol–water partition coefficient (Wildman–Crippen LogP) is 4.41. The molecule has 1 unspecified atom stereocenters. The third kappa shape index (κ3) is 6.45. The molecule has 0 aliphatic rings. The molecule has 0 radical (unpaired) electrons. The van der Waals surface area contributed by atoms with Crippen molar-refractivity contribution in [2.24, 2.45) is 0 Å². The number of carbonyl (C=O) groups excluding carboxylic acids is 2. The van der Waals surface area contributed by atoms with Crippen LogP contribution in [-0.4, -0.2) is 48.8 Å². The first kappa shape index (κ1) is 28.1. The Morgan fingerprint density at radius 3 is 2.51 bits per heavy atom. The average Bonchev–Trinajstić information content (AvgIpc) is 2.83. The van der Waals surface area contributed by atoms with Crippen LogP contribution in [0.3, 0.4) is 0 Å². The molecular weight excluding hydrogens is 542 g/mol. The van der Waals surface area contributed by atoms with Gasteiger partial charge in [0.2, 0.25) is 5.95 Å². The first-order valence-electron chi connectivity index (χ1n) is 10.2. The molecule has 1 N–H and O–H groups in total. The molecule has 0 fully saturated rings. The monoisotopic (exact) mass is 559 g/mol. The third-order valence-corrected chi connectivity index (χ3v) is 6.49. The van der Waals surface area contributed by atoms with E-state index >= 15 is 0 Å². The Labute approximate surface area is 216 Å². The maximum absolute atomic E-state index is 13.5. The second-order valence-electron chi connectivity index (χ2n) is 7.43. The molecule has 0 aliphatic heterocycles. The molecule has 3 rings (SSSR count). The summed E-state index contributed by atoms with van der Waals surface area (Å²) >= 11 is 3.52. The minimum Gasteiger partial charge on any atom is -0.588 e. The summed E-state index contributed by atoms with van der Waals surface area (Å²) < 4.78 is 72.9. The summed E-state index contributed by atoms with van der Waals surface area (Å²) in [6, 6.07) is 7.64. The lowest BCUT2D eigenvalue weighted by molar-refractivity contribution is -0.142. The normalized spacial score (nSPS) is 12.1. The third-order valence-electron chi connectivity index (χ3n) is 4.90. The van der Waals surface area contributed by atoms with Crippen molar-refractivity contribution in [3.8, 4) is 11.6 Å². The van der Waals surface area contributed by atoms with Gasteiger partial charge in [-0.25, -0.2) is 4.98 Å². The van der Waals surface area contributed by atoms with E-state index in [9.17, 15) is 31.7 Å². The number of anilines is 1. The van der Waals surface area contributed by atoms with Gasteiger partial charge in [0.15, 0.2) is 16.3 Å².